The maximum absolute atomic E-state index is 12.4. The van der Waals surface area contributed by atoms with Crippen molar-refractivity contribution in [3.8, 4) is 0 Å². The lowest BCUT2D eigenvalue weighted by Gasteiger charge is -2.10. The van der Waals surface area contributed by atoms with Gasteiger partial charge in [-0.2, -0.15) is 0 Å². The molecule has 0 aliphatic heterocycles. The molecule has 0 radical (unpaired) electrons. The monoisotopic (exact) mass is 326 g/mol. The van der Waals surface area contributed by atoms with Crippen LogP contribution in [-0.4, -0.2) is 30.1 Å². The number of rotatable bonds is 5. The van der Waals surface area contributed by atoms with Crippen LogP contribution in [0.5, 0.6) is 0 Å². The SMILES string of the molecule is COC(=O)CNC(=O)c1cc2occc2n1Cc1ccc(C)cc1. The van der Waals surface area contributed by atoms with Crippen molar-refractivity contribution in [1.82, 2.24) is 9.88 Å². The molecule has 6 nitrogen and oxygen atoms in total. The summed E-state index contributed by atoms with van der Waals surface area (Å²) in [7, 11) is 1.28. The Labute approximate surface area is 139 Å². The van der Waals surface area contributed by atoms with Crippen LogP contribution in [0.4, 0.5) is 0 Å². The first-order valence-corrected chi connectivity index (χ1v) is 7.56. The minimum Gasteiger partial charge on any atom is -0.468 e. The smallest absolute Gasteiger partial charge is 0.325 e. The Morgan fingerprint density at radius 2 is 1.96 bits per heavy atom. The molecule has 0 atom stereocenters. The predicted molar refractivity (Wildman–Crippen MR) is 88.8 cm³/mol. The average molecular weight is 326 g/mol. The summed E-state index contributed by atoms with van der Waals surface area (Å²) >= 11 is 0. The van der Waals surface area contributed by atoms with Crippen LogP contribution < -0.4 is 5.32 Å². The van der Waals surface area contributed by atoms with Crippen LogP contribution in [-0.2, 0) is 16.1 Å². The van der Waals surface area contributed by atoms with E-state index in [1.54, 1.807) is 12.3 Å². The van der Waals surface area contributed by atoms with Gasteiger partial charge in [0.25, 0.3) is 5.91 Å². The molecule has 6 heteroatoms. The van der Waals surface area contributed by atoms with Gasteiger partial charge in [-0.25, -0.2) is 0 Å². The number of carbonyl (C=O) groups is 2. The topological polar surface area (TPSA) is 73.5 Å². The second-order valence-electron chi connectivity index (χ2n) is 5.53. The number of carbonyl (C=O) groups excluding carboxylic acids is 2. The van der Waals surface area contributed by atoms with Crippen molar-refractivity contribution in [2.45, 2.75) is 13.5 Å². The van der Waals surface area contributed by atoms with Crippen molar-refractivity contribution in [1.29, 1.82) is 0 Å². The largest absolute Gasteiger partial charge is 0.468 e. The molecule has 1 amide bonds. The first-order chi connectivity index (χ1) is 11.6. The molecule has 124 valence electrons. The summed E-state index contributed by atoms with van der Waals surface area (Å²) < 4.78 is 11.8. The van der Waals surface area contributed by atoms with E-state index < -0.39 is 5.97 Å². The van der Waals surface area contributed by atoms with Gasteiger partial charge in [-0.1, -0.05) is 29.8 Å². The van der Waals surface area contributed by atoms with E-state index in [-0.39, 0.29) is 12.5 Å². The van der Waals surface area contributed by atoms with Crippen LogP contribution in [0.2, 0.25) is 0 Å². The van der Waals surface area contributed by atoms with Crippen LogP contribution in [0.15, 0.2) is 47.1 Å². The maximum Gasteiger partial charge on any atom is 0.325 e. The minimum atomic E-state index is -0.497. The number of methoxy groups -OCH3 is 1. The summed E-state index contributed by atoms with van der Waals surface area (Å²) in [6.07, 6.45) is 1.59. The summed E-state index contributed by atoms with van der Waals surface area (Å²) in [6, 6.07) is 11.6. The molecule has 0 unspecified atom stereocenters. The molecule has 2 aromatic heterocycles. The first kappa shape index (κ1) is 15.9. The normalized spacial score (nSPS) is 10.8. The molecule has 0 spiro atoms. The summed E-state index contributed by atoms with van der Waals surface area (Å²) in [5.41, 5.74) is 4.15. The number of esters is 1. The summed E-state index contributed by atoms with van der Waals surface area (Å²) in [5.74, 6) is -0.845. The van der Waals surface area contributed by atoms with Crippen LogP contribution in [0.3, 0.4) is 0 Å². The van der Waals surface area contributed by atoms with Gasteiger partial charge in [0, 0.05) is 18.7 Å². The zero-order chi connectivity index (χ0) is 17.1. The average Bonchev–Trinajstić information content (AvgIpc) is 3.17. The van der Waals surface area contributed by atoms with Crippen molar-refractivity contribution >= 4 is 23.0 Å². The van der Waals surface area contributed by atoms with E-state index in [0.29, 0.717) is 17.8 Å². The number of nitrogens with one attached hydrogen (secondary N) is 1. The van der Waals surface area contributed by atoms with Gasteiger partial charge in [-0.05, 0) is 12.5 Å². The van der Waals surface area contributed by atoms with Crippen molar-refractivity contribution < 1.29 is 18.7 Å². The van der Waals surface area contributed by atoms with E-state index in [1.165, 1.54) is 12.7 Å². The molecule has 1 N–H and O–H groups in total. The lowest BCUT2D eigenvalue weighted by Crippen LogP contribution is -2.31. The maximum atomic E-state index is 12.4. The van der Waals surface area contributed by atoms with Gasteiger partial charge in [0.05, 0.1) is 18.9 Å². The second kappa shape index (κ2) is 6.62. The predicted octanol–water partition coefficient (Wildman–Crippen LogP) is 2.49. The number of aryl methyl sites for hydroxylation is 1. The number of furan rings is 1. The standard InChI is InChI=1S/C18H18N2O4/c1-12-3-5-13(6-4-12)11-20-14-7-8-24-16(14)9-15(20)18(22)19-10-17(21)23-2/h3-9H,10-11H2,1-2H3,(H,19,22). The van der Waals surface area contributed by atoms with Gasteiger partial charge in [-0.3, -0.25) is 9.59 Å². The number of ether oxygens (including phenoxy) is 1. The molecular formula is C18H18N2O4. The molecule has 0 aliphatic rings. The van der Waals surface area contributed by atoms with E-state index in [0.717, 1.165) is 11.1 Å². The Bertz CT molecular complexity index is 874. The number of aromatic nitrogens is 1. The van der Waals surface area contributed by atoms with Gasteiger partial charge in [0.1, 0.15) is 12.2 Å². The van der Waals surface area contributed by atoms with E-state index in [2.05, 4.69) is 10.1 Å². The van der Waals surface area contributed by atoms with E-state index >= 15 is 0 Å². The number of nitrogens with zero attached hydrogens (tertiary/aromatic N) is 1. The van der Waals surface area contributed by atoms with Crippen molar-refractivity contribution in [3.05, 3.63) is 59.5 Å². The third kappa shape index (κ3) is 3.17. The highest BCUT2D eigenvalue weighted by atomic mass is 16.5. The molecule has 24 heavy (non-hydrogen) atoms. The number of fused-ring (bicyclic) bond motifs is 1. The Kier molecular flexibility index (Phi) is 4.37. The molecule has 3 aromatic rings. The first-order valence-electron chi connectivity index (χ1n) is 7.56. The number of benzene rings is 1. The number of hydrogen-bond acceptors (Lipinski definition) is 4. The van der Waals surface area contributed by atoms with E-state index in [4.69, 9.17) is 4.42 Å². The Hall–Kier alpha value is -3.02. The van der Waals surface area contributed by atoms with Crippen molar-refractivity contribution in [3.63, 3.8) is 0 Å². The molecule has 2 heterocycles. The molecule has 3 rings (SSSR count). The summed E-state index contributed by atoms with van der Waals surface area (Å²) in [4.78, 5) is 23.6. The molecule has 0 saturated heterocycles. The van der Waals surface area contributed by atoms with Gasteiger partial charge in [0.15, 0.2) is 5.58 Å². The van der Waals surface area contributed by atoms with Crippen LogP contribution in [0, 0.1) is 6.92 Å². The van der Waals surface area contributed by atoms with E-state index in [9.17, 15) is 9.59 Å². The van der Waals surface area contributed by atoms with Gasteiger partial charge >= 0.3 is 5.97 Å². The number of amides is 1. The summed E-state index contributed by atoms with van der Waals surface area (Å²) in [5, 5.41) is 2.56. The fraction of sp³-hybridized carbons (Fsp3) is 0.222. The molecule has 0 aliphatic carbocycles. The van der Waals surface area contributed by atoms with E-state index in [1.807, 2.05) is 41.8 Å². The third-order valence-electron chi connectivity index (χ3n) is 3.84. The van der Waals surface area contributed by atoms with Crippen molar-refractivity contribution in [2.24, 2.45) is 0 Å². The van der Waals surface area contributed by atoms with Crippen LogP contribution >= 0.6 is 0 Å². The molecule has 0 bridgehead atoms. The van der Waals surface area contributed by atoms with Crippen molar-refractivity contribution in [2.75, 3.05) is 13.7 Å². The third-order valence-corrected chi connectivity index (χ3v) is 3.84. The molecule has 0 fully saturated rings. The quantitative estimate of drug-likeness (QED) is 0.731. The van der Waals surface area contributed by atoms with Gasteiger partial charge < -0.3 is 19.0 Å². The van der Waals surface area contributed by atoms with Gasteiger partial charge in [-0.15, -0.1) is 0 Å². The number of hydrogen-bond donors (Lipinski definition) is 1. The highest BCUT2D eigenvalue weighted by Gasteiger charge is 2.18. The van der Waals surface area contributed by atoms with Crippen LogP contribution in [0.25, 0.3) is 11.1 Å². The van der Waals surface area contributed by atoms with Crippen LogP contribution in [0.1, 0.15) is 21.6 Å². The molecule has 1 aromatic carbocycles. The minimum absolute atomic E-state index is 0.174. The fourth-order valence-electron chi connectivity index (χ4n) is 2.53. The Balaban J connectivity index is 1.90. The Morgan fingerprint density at radius 1 is 1.21 bits per heavy atom. The Morgan fingerprint density at radius 3 is 2.67 bits per heavy atom. The van der Waals surface area contributed by atoms with Gasteiger partial charge in [0.2, 0.25) is 0 Å². The second-order valence-corrected chi connectivity index (χ2v) is 5.53. The fourth-order valence-corrected chi connectivity index (χ4v) is 2.53. The highest BCUT2D eigenvalue weighted by Crippen LogP contribution is 2.22. The lowest BCUT2D eigenvalue weighted by molar-refractivity contribution is -0.139. The zero-order valence-electron chi connectivity index (χ0n) is 13.5. The molecule has 0 saturated carbocycles. The molecular weight excluding hydrogens is 308 g/mol. The summed E-state index contributed by atoms with van der Waals surface area (Å²) in [6.45, 7) is 2.39. The lowest BCUT2D eigenvalue weighted by atomic mass is 10.1. The highest BCUT2D eigenvalue weighted by molar-refractivity contribution is 5.98. The zero-order valence-corrected chi connectivity index (χ0v) is 13.5.